The summed E-state index contributed by atoms with van der Waals surface area (Å²) in [5.74, 6) is 0.610. The second-order valence-corrected chi connectivity index (χ2v) is 9.39. The topological polar surface area (TPSA) is 64.6 Å². The van der Waals surface area contributed by atoms with Crippen LogP contribution in [0.2, 0.25) is 0 Å². The number of carbonyl (C=O) groups excluding carboxylic acids is 2. The maximum atomic E-state index is 12.0. The molecule has 2 aromatic rings. The van der Waals surface area contributed by atoms with E-state index < -0.39 is 23.7 Å². The van der Waals surface area contributed by atoms with Crippen LogP contribution in [0, 0.1) is 0 Å². The van der Waals surface area contributed by atoms with Gasteiger partial charge in [0.2, 0.25) is 0 Å². The van der Waals surface area contributed by atoms with Crippen LogP contribution in [0.25, 0.3) is 11.1 Å². The first-order valence-corrected chi connectivity index (χ1v) is 11.1. The summed E-state index contributed by atoms with van der Waals surface area (Å²) in [6, 6.07) is 15.7. The molecular formula is C22H26BrNO4S. The van der Waals surface area contributed by atoms with Crippen molar-refractivity contribution in [3.05, 3.63) is 58.6 Å². The van der Waals surface area contributed by atoms with Crippen molar-refractivity contribution in [2.75, 3.05) is 12.9 Å². The van der Waals surface area contributed by atoms with E-state index in [1.807, 2.05) is 12.1 Å². The molecule has 1 N–H and O–H groups in total. The van der Waals surface area contributed by atoms with Crippen LogP contribution in [0.15, 0.2) is 53.0 Å². The smallest absolute Gasteiger partial charge is 0.408 e. The fourth-order valence-corrected chi connectivity index (χ4v) is 3.76. The summed E-state index contributed by atoms with van der Waals surface area (Å²) >= 11 is 4.99. The number of benzene rings is 2. The van der Waals surface area contributed by atoms with Gasteiger partial charge in [-0.1, -0.05) is 52.3 Å². The van der Waals surface area contributed by atoms with Gasteiger partial charge in [0.1, 0.15) is 11.6 Å². The molecule has 0 aliphatic heterocycles. The highest BCUT2D eigenvalue weighted by molar-refractivity contribution is 9.10. The minimum Gasteiger partial charge on any atom is -0.467 e. The van der Waals surface area contributed by atoms with Crippen molar-refractivity contribution in [2.45, 2.75) is 38.2 Å². The SMILES string of the molecule is COC(=O)C(CSCc1ccc(-c2ccc(Br)cc2)cc1)NC(=O)OC(C)(C)C. The minimum absolute atomic E-state index is 0.389. The predicted molar refractivity (Wildman–Crippen MR) is 121 cm³/mol. The normalized spacial score (nSPS) is 12.2. The van der Waals surface area contributed by atoms with Crippen molar-refractivity contribution in [1.29, 1.82) is 0 Å². The number of alkyl carbamates (subject to hydrolysis) is 1. The van der Waals surface area contributed by atoms with Crippen LogP contribution in [0.5, 0.6) is 0 Å². The second-order valence-electron chi connectivity index (χ2n) is 7.44. The van der Waals surface area contributed by atoms with Crippen LogP contribution in [-0.2, 0) is 20.0 Å². The Morgan fingerprint density at radius 3 is 2.10 bits per heavy atom. The van der Waals surface area contributed by atoms with Crippen molar-refractivity contribution < 1.29 is 19.1 Å². The molecule has 156 valence electrons. The van der Waals surface area contributed by atoms with Crippen LogP contribution >= 0.6 is 27.7 Å². The Morgan fingerprint density at radius 1 is 1.03 bits per heavy atom. The number of thioether (sulfide) groups is 1. The molecule has 0 saturated carbocycles. The first-order chi connectivity index (χ1) is 13.7. The lowest BCUT2D eigenvalue weighted by Gasteiger charge is -2.22. The van der Waals surface area contributed by atoms with Crippen molar-refractivity contribution >= 4 is 39.8 Å². The van der Waals surface area contributed by atoms with Crippen molar-refractivity contribution in [1.82, 2.24) is 5.32 Å². The molecule has 0 fully saturated rings. The average Bonchev–Trinajstić information content (AvgIpc) is 2.66. The Hall–Kier alpha value is -1.99. The van der Waals surface area contributed by atoms with Gasteiger partial charge in [-0.25, -0.2) is 9.59 Å². The summed E-state index contributed by atoms with van der Waals surface area (Å²) in [6.45, 7) is 5.31. The Labute approximate surface area is 184 Å². The Bertz CT molecular complexity index is 816. The Morgan fingerprint density at radius 2 is 1.59 bits per heavy atom. The Balaban J connectivity index is 1.90. The van der Waals surface area contributed by atoms with E-state index in [1.54, 1.807) is 32.5 Å². The maximum Gasteiger partial charge on any atom is 0.408 e. The van der Waals surface area contributed by atoms with Gasteiger partial charge in [0.15, 0.2) is 0 Å². The molecule has 2 aromatic carbocycles. The molecule has 2 rings (SSSR count). The quantitative estimate of drug-likeness (QED) is 0.537. The van der Waals surface area contributed by atoms with Crippen LogP contribution in [0.1, 0.15) is 26.3 Å². The predicted octanol–water partition coefficient (Wildman–Crippen LogP) is 5.42. The van der Waals surface area contributed by atoms with Crippen LogP contribution in [0.4, 0.5) is 4.79 Å². The highest BCUT2D eigenvalue weighted by Crippen LogP contribution is 2.23. The van der Waals surface area contributed by atoms with E-state index >= 15 is 0 Å². The molecule has 1 atom stereocenters. The number of nitrogens with one attached hydrogen (secondary N) is 1. The number of hydrogen-bond acceptors (Lipinski definition) is 5. The molecule has 0 radical (unpaired) electrons. The van der Waals surface area contributed by atoms with Gasteiger partial charge in [0.05, 0.1) is 7.11 Å². The molecule has 29 heavy (non-hydrogen) atoms. The van der Waals surface area contributed by atoms with Crippen molar-refractivity contribution in [3.63, 3.8) is 0 Å². The third-order valence-corrected chi connectivity index (χ3v) is 5.50. The average molecular weight is 480 g/mol. The minimum atomic E-state index is -0.762. The summed E-state index contributed by atoms with van der Waals surface area (Å²) in [7, 11) is 1.30. The number of amides is 1. The zero-order valence-electron chi connectivity index (χ0n) is 17.0. The van der Waals surface area contributed by atoms with Gasteiger partial charge in [-0.05, 0) is 49.6 Å². The number of halogens is 1. The summed E-state index contributed by atoms with van der Waals surface area (Å²) < 4.78 is 11.1. The van der Waals surface area contributed by atoms with E-state index in [4.69, 9.17) is 9.47 Å². The molecule has 0 spiro atoms. The lowest BCUT2D eigenvalue weighted by atomic mass is 10.0. The number of methoxy groups -OCH3 is 1. The lowest BCUT2D eigenvalue weighted by molar-refractivity contribution is -0.142. The van der Waals surface area contributed by atoms with E-state index in [0.717, 1.165) is 21.2 Å². The standard InChI is InChI=1S/C22H26BrNO4S/c1-22(2,3)28-21(26)24-19(20(25)27-4)14-29-13-15-5-7-16(8-6-15)17-9-11-18(23)12-10-17/h5-12,19H,13-14H2,1-4H3,(H,24,26). The molecule has 0 bridgehead atoms. The van der Waals surface area contributed by atoms with Crippen LogP contribution in [0.3, 0.4) is 0 Å². The fourth-order valence-electron chi connectivity index (χ4n) is 2.49. The van der Waals surface area contributed by atoms with E-state index in [1.165, 1.54) is 7.11 Å². The molecule has 0 aromatic heterocycles. The molecule has 0 heterocycles. The molecule has 0 saturated heterocycles. The number of rotatable bonds is 7. The molecule has 1 amide bonds. The molecule has 7 heteroatoms. The molecular weight excluding hydrogens is 454 g/mol. The highest BCUT2D eigenvalue weighted by atomic mass is 79.9. The zero-order chi connectivity index (χ0) is 21.4. The number of esters is 1. The summed E-state index contributed by atoms with van der Waals surface area (Å²) in [4.78, 5) is 23.9. The van der Waals surface area contributed by atoms with Crippen molar-refractivity contribution in [3.8, 4) is 11.1 Å². The van der Waals surface area contributed by atoms with Gasteiger partial charge in [0, 0.05) is 16.0 Å². The first-order valence-electron chi connectivity index (χ1n) is 9.18. The van der Waals surface area contributed by atoms with Gasteiger partial charge in [-0.3, -0.25) is 0 Å². The summed E-state index contributed by atoms with van der Waals surface area (Å²) in [5, 5.41) is 2.59. The second kappa shape index (κ2) is 10.7. The lowest BCUT2D eigenvalue weighted by Crippen LogP contribution is -2.45. The van der Waals surface area contributed by atoms with Crippen LogP contribution < -0.4 is 5.32 Å². The highest BCUT2D eigenvalue weighted by Gasteiger charge is 2.24. The maximum absolute atomic E-state index is 12.0. The molecule has 0 aliphatic rings. The Kier molecular flexibility index (Phi) is 8.59. The molecule has 1 unspecified atom stereocenters. The largest absolute Gasteiger partial charge is 0.467 e. The fraction of sp³-hybridized carbons (Fsp3) is 0.364. The number of hydrogen-bond donors (Lipinski definition) is 1. The van der Waals surface area contributed by atoms with Gasteiger partial charge in [-0.2, -0.15) is 11.8 Å². The number of carbonyl (C=O) groups is 2. The van der Waals surface area contributed by atoms with Gasteiger partial charge < -0.3 is 14.8 Å². The van der Waals surface area contributed by atoms with Gasteiger partial charge in [0.25, 0.3) is 0 Å². The van der Waals surface area contributed by atoms with E-state index in [-0.39, 0.29) is 0 Å². The molecule has 5 nitrogen and oxygen atoms in total. The van der Waals surface area contributed by atoms with E-state index in [0.29, 0.717) is 11.5 Å². The van der Waals surface area contributed by atoms with Crippen molar-refractivity contribution in [2.24, 2.45) is 0 Å². The van der Waals surface area contributed by atoms with E-state index in [2.05, 4.69) is 57.6 Å². The molecule has 0 aliphatic carbocycles. The summed E-state index contributed by atoms with van der Waals surface area (Å²) in [6.07, 6.45) is -0.632. The van der Waals surface area contributed by atoms with E-state index in [9.17, 15) is 9.59 Å². The third kappa shape index (κ3) is 8.11. The van der Waals surface area contributed by atoms with Gasteiger partial charge >= 0.3 is 12.1 Å². The number of ether oxygens (including phenoxy) is 2. The third-order valence-electron chi connectivity index (χ3n) is 3.86. The summed E-state index contributed by atoms with van der Waals surface area (Å²) in [5.41, 5.74) is 2.80. The van der Waals surface area contributed by atoms with Gasteiger partial charge in [-0.15, -0.1) is 0 Å². The first kappa shape index (κ1) is 23.3. The monoisotopic (exact) mass is 479 g/mol. The zero-order valence-corrected chi connectivity index (χ0v) is 19.4. The van der Waals surface area contributed by atoms with Crippen LogP contribution in [-0.4, -0.2) is 36.6 Å².